The molecule has 3 nitrogen and oxygen atoms in total. The van der Waals surface area contributed by atoms with Crippen LogP contribution in [0.15, 0.2) is 48.5 Å². The fraction of sp³-hybridized carbons (Fsp3) is 0.350. The van der Waals surface area contributed by atoms with Gasteiger partial charge in [-0.15, -0.1) is 0 Å². The van der Waals surface area contributed by atoms with Crippen LogP contribution in [-0.2, 0) is 10.2 Å². The largest absolute Gasteiger partial charge is 0.490 e. The zero-order chi connectivity index (χ0) is 16.4. The molecule has 0 radical (unpaired) electrons. The molecule has 0 bridgehead atoms. The van der Waals surface area contributed by atoms with E-state index < -0.39 is 0 Å². The van der Waals surface area contributed by atoms with Crippen LogP contribution in [0.3, 0.4) is 0 Å². The third-order valence-corrected chi connectivity index (χ3v) is 3.91. The van der Waals surface area contributed by atoms with Crippen LogP contribution in [0.25, 0.3) is 0 Å². The minimum Gasteiger partial charge on any atom is -0.490 e. The van der Waals surface area contributed by atoms with Gasteiger partial charge in [-0.05, 0) is 23.6 Å². The average Bonchev–Trinajstić information content (AvgIpc) is 3.36. The van der Waals surface area contributed by atoms with Crippen LogP contribution < -0.4 is 4.74 Å². The number of benzene rings is 2. The summed E-state index contributed by atoms with van der Waals surface area (Å²) in [5.74, 6) is 0.866. The van der Waals surface area contributed by atoms with E-state index in [-0.39, 0.29) is 17.3 Å². The van der Waals surface area contributed by atoms with Gasteiger partial charge in [0.1, 0.15) is 18.5 Å². The second-order valence-corrected chi connectivity index (χ2v) is 6.92. The Balaban J connectivity index is 1.91. The number of ether oxygens (including phenoxy) is 2. The molecule has 2 aromatic carbocycles. The van der Waals surface area contributed by atoms with Gasteiger partial charge < -0.3 is 9.47 Å². The molecule has 23 heavy (non-hydrogen) atoms. The molecule has 3 rings (SSSR count). The van der Waals surface area contributed by atoms with E-state index in [1.807, 2.05) is 48.5 Å². The molecule has 3 heteroatoms. The van der Waals surface area contributed by atoms with Crippen LogP contribution in [0.4, 0.5) is 0 Å². The highest BCUT2D eigenvalue weighted by Crippen LogP contribution is 2.33. The van der Waals surface area contributed by atoms with Crippen LogP contribution in [0.2, 0.25) is 0 Å². The molecule has 120 valence electrons. The van der Waals surface area contributed by atoms with E-state index in [0.29, 0.717) is 17.7 Å². The molecule has 0 N–H and O–H groups in total. The summed E-state index contributed by atoms with van der Waals surface area (Å²) in [5.41, 5.74) is 2.33. The van der Waals surface area contributed by atoms with E-state index in [9.17, 15) is 4.79 Å². The summed E-state index contributed by atoms with van der Waals surface area (Å²) in [6, 6.07) is 15.1. The number of hydrogen-bond donors (Lipinski definition) is 0. The van der Waals surface area contributed by atoms with Crippen molar-refractivity contribution in [1.29, 1.82) is 0 Å². The minimum absolute atomic E-state index is 0.0353. The Kier molecular flexibility index (Phi) is 4.22. The zero-order valence-electron chi connectivity index (χ0n) is 13.8. The number of epoxide rings is 1. The fourth-order valence-electron chi connectivity index (χ4n) is 2.49. The van der Waals surface area contributed by atoms with Crippen molar-refractivity contribution in [3.63, 3.8) is 0 Å². The second-order valence-electron chi connectivity index (χ2n) is 6.92. The smallest absolute Gasteiger partial charge is 0.193 e. The standard InChI is InChI=1S/C20H22O3/c1-20(2,3)17-11-15(19(21)14-7-5-4-6-8-14)9-10-18(17)23-13-16-12-22-16/h4-11,16H,12-13H2,1-3H3. The van der Waals surface area contributed by atoms with E-state index in [1.165, 1.54) is 0 Å². The third-order valence-electron chi connectivity index (χ3n) is 3.91. The maximum atomic E-state index is 12.7. The van der Waals surface area contributed by atoms with Gasteiger partial charge in [0, 0.05) is 16.7 Å². The molecule has 0 aromatic heterocycles. The highest BCUT2D eigenvalue weighted by molar-refractivity contribution is 6.09. The first-order chi connectivity index (χ1) is 10.9. The Hall–Kier alpha value is -2.13. The molecule has 1 atom stereocenters. The van der Waals surface area contributed by atoms with Gasteiger partial charge in [0.15, 0.2) is 5.78 Å². The van der Waals surface area contributed by atoms with E-state index in [0.717, 1.165) is 17.9 Å². The second kappa shape index (κ2) is 6.17. The number of hydrogen-bond acceptors (Lipinski definition) is 3. The van der Waals surface area contributed by atoms with Gasteiger partial charge in [0.25, 0.3) is 0 Å². The lowest BCUT2D eigenvalue weighted by atomic mass is 9.84. The first-order valence-corrected chi connectivity index (χ1v) is 7.94. The molecule has 1 saturated heterocycles. The predicted octanol–water partition coefficient (Wildman–Crippen LogP) is 3.99. The first kappa shape index (κ1) is 15.8. The van der Waals surface area contributed by atoms with Crippen LogP contribution >= 0.6 is 0 Å². The monoisotopic (exact) mass is 310 g/mol. The van der Waals surface area contributed by atoms with E-state index >= 15 is 0 Å². The molecule has 1 heterocycles. The van der Waals surface area contributed by atoms with Crippen molar-refractivity contribution < 1.29 is 14.3 Å². The van der Waals surface area contributed by atoms with Gasteiger partial charge in [0.05, 0.1) is 6.61 Å². The van der Waals surface area contributed by atoms with Crippen LogP contribution in [-0.4, -0.2) is 25.1 Å². The van der Waals surface area contributed by atoms with Crippen molar-refractivity contribution in [3.05, 3.63) is 65.2 Å². The topological polar surface area (TPSA) is 38.8 Å². The lowest BCUT2D eigenvalue weighted by Gasteiger charge is -2.23. The van der Waals surface area contributed by atoms with E-state index in [2.05, 4.69) is 20.8 Å². The highest BCUT2D eigenvalue weighted by Gasteiger charge is 2.26. The van der Waals surface area contributed by atoms with Gasteiger partial charge in [-0.1, -0.05) is 51.1 Å². The van der Waals surface area contributed by atoms with Gasteiger partial charge >= 0.3 is 0 Å². The van der Waals surface area contributed by atoms with E-state index in [4.69, 9.17) is 9.47 Å². The summed E-state index contributed by atoms with van der Waals surface area (Å²) in [4.78, 5) is 12.7. The van der Waals surface area contributed by atoms with E-state index in [1.54, 1.807) is 0 Å². The number of carbonyl (C=O) groups excluding carboxylic acids is 1. The SMILES string of the molecule is CC(C)(C)c1cc(C(=O)c2ccccc2)ccc1OCC1CO1. The number of rotatable bonds is 5. The maximum Gasteiger partial charge on any atom is 0.193 e. The maximum absolute atomic E-state index is 12.7. The molecular formula is C20H22O3. The zero-order valence-corrected chi connectivity index (χ0v) is 13.8. The summed E-state index contributed by atoms with van der Waals surface area (Å²) >= 11 is 0. The Morgan fingerprint density at radius 3 is 2.43 bits per heavy atom. The molecule has 2 aromatic rings. The van der Waals surface area contributed by atoms with Crippen LogP contribution in [0.5, 0.6) is 5.75 Å². The van der Waals surface area contributed by atoms with Crippen LogP contribution in [0, 0.1) is 0 Å². The molecular weight excluding hydrogens is 288 g/mol. The Bertz CT molecular complexity index is 695. The number of ketones is 1. The quantitative estimate of drug-likeness (QED) is 0.619. The van der Waals surface area contributed by atoms with Crippen LogP contribution in [0.1, 0.15) is 42.3 Å². The van der Waals surface area contributed by atoms with Crippen molar-refractivity contribution in [2.24, 2.45) is 0 Å². The Morgan fingerprint density at radius 1 is 1.13 bits per heavy atom. The summed E-state index contributed by atoms with van der Waals surface area (Å²) in [5, 5.41) is 0. The van der Waals surface area contributed by atoms with Crippen molar-refractivity contribution in [3.8, 4) is 5.75 Å². The fourth-order valence-corrected chi connectivity index (χ4v) is 2.49. The molecule has 0 amide bonds. The minimum atomic E-state index is -0.104. The van der Waals surface area contributed by atoms with Gasteiger partial charge in [-0.3, -0.25) is 4.79 Å². The summed E-state index contributed by atoms with van der Waals surface area (Å²) < 4.78 is 11.1. The Morgan fingerprint density at radius 2 is 1.83 bits per heavy atom. The lowest BCUT2D eigenvalue weighted by molar-refractivity contribution is 0.103. The van der Waals surface area contributed by atoms with Crippen molar-refractivity contribution in [2.75, 3.05) is 13.2 Å². The molecule has 1 unspecified atom stereocenters. The van der Waals surface area contributed by atoms with Gasteiger partial charge in [0.2, 0.25) is 0 Å². The van der Waals surface area contributed by atoms with Crippen molar-refractivity contribution in [2.45, 2.75) is 32.3 Å². The third kappa shape index (κ3) is 3.80. The Labute approximate surface area is 137 Å². The molecule has 0 aliphatic carbocycles. The molecule has 1 fully saturated rings. The van der Waals surface area contributed by atoms with Crippen molar-refractivity contribution >= 4 is 5.78 Å². The summed E-state index contributed by atoms with van der Waals surface area (Å²) in [6.45, 7) is 7.71. The van der Waals surface area contributed by atoms with Crippen molar-refractivity contribution in [1.82, 2.24) is 0 Å². The summed E-state index contributed by atoms with van der Waals surface area (Å²) in [7, 11) is 0. The average molecular weight is 310 g/mol. The molecule has 1 aliphatic heterocycles. The summed E-state index contributed by atoms with van der Waals surface area (Å²) in [6.07, 6.45) is 0.216. The van der Waals surface area contributed by atoms with Gasteiger partial charge in [-0.25, -0.2) is 0 Å². The molecule has 1 aliphatic rings. The predicted molar refractivity (Wildman–Crippen MR) is 90.3 cm³/mol. The molecule has 0 saturated carbocycles. The van der Waals surface area contributed by atoms with Gasteiger partial charge in [-0.2, -0.15) is 0 Å². The lowest BCUT2D eigenvalue weighted by Crippen LogP contribution is -2.16. The first-order valence-electron chi connectivity index (χ1n) is 7.94. The number of carbonyl (C=O) groups is 1. The molecule has 0 spiro atoms. The highest BCUT2D eigenvalue weighted by atomic mass is 16.6. The normalized spacial score (nSPS) is 16.9.